The molecule has 0 radical (unpaired) electrons. The van der Waals surface area contributed by atoms with Crippen LogP contribution in [0.4, 0.5) is 5.82 Å². The first-order chi connectivity index (χ1) is 8.77. The molecule has 0 unspecified atom stereocenters. The van der Waals surface area contributed by atoms with Crippen molar-refractivity contribution in [3.05, 3.63) is 34.5 Å². The van der Waals surface area contributed by atoms with E-state index in [-0.39, 0.29) is 0 Å². The highest BCUT2D eigenvalue weighted by atomic mass is 79.9. The summed E-state index contributed by atoms with van der Waals surface area (Å²) in [5.41, 5.74) is 8.02. The normalized spacial score (nSPS) is 16.3. The van der Waals surface area contributed by atoms with Crippen molar-refractivity contribution in [2.75, 3.05) is 5.73 Å². The summed E-state index contributed by atoms with van der Waals surface area (Å²) < 4.78 is 6.52. The van der Waals surface area contributed by atoms with Gasteiger partial charge in [-0.15, -0.1) is 0 Å². The second-order valence-corrected chi connectivity index (χ2v) is 5.62. The van der Waals surface area contributed by atoms with Gasteiger partial charge >= 0.3 is 0 Å². The average molecular weight is 307 g/mol. The summed E-state index contributed by atoms with van der Waals surface area (Å²) >= 11 is 3.57. The summed E-state index contributed by atoms with van der Waals surface area (Å²) in [5.74, 6) is 1.91. The molecule has 1 heterocycles. The molecule has 94 valence electrons. The van der Waals surface area contributed by atoms with Crippen LogP contribution in [0.15, 0.2) is 33.3 Å². The topological polar surface area (TPSA) is 52.0 Å². The van der Waals surface area contributed by atoms with Crippen molar-refractivity contribution < 1.29 is 4.52 Å². The van der Waals surface area contributed by atoms with E-state index in [0.717, 1.165) is 21.4 Å². The minimum atomic E-state index is 0.469. The molecule has 2 N–H and O–H groups in total. The lowest BCUT2D eigenvalue weighted by molar-refractivity contribution is 0.363. The van der Waals surface area contributed by atoms with Crippen LogP contribution in [0.5, 0.6) is 0 Å². The fraction of sp³-hybridized carbons (Fsp3) is 0.357. The molecule has 1 aliphatic rings. The first kappa shape index (κ1) is 11.8. The second-order valence-electron chi connectivity index (χ2n) is 4.77. The summed E-state index contributed by atoms with van der Waals surface area (Å²) in [6.07, 6.45) is 4.87. The molecule has 1 saturated carbocycles. The number of benzene rings is 1. The third-order valence-corrected chi connectivity index (χ3v) is 4.31. The molecule has 3 rings (SSSR count). The number of rotatable bonds is 2. The monoisotopic (exact) mass is 306 g/mol. The smallest absolute Gasteiger partial charge is 0.175 e. The van der Waals surface area contributed by atoms with Crippen LogP contribution in [0.3, 0.4) is 0 Å². The standard InChI is InChI=1S/C14H15BrN2O/c15-11-8-4-3-7-10(11)12-13(18-17-14(12)16)9-5-1-2-6-9/h3-4,7-9H,1-2,5-6H2,(H2,16,17). The summed E-state index contributed by atoms with van der Waals surface area (Å²) in [7, 11) is 0. The van der Waals surface area contributed by atoms with E-state index in [2.05, 4.69) is 21.1 Å². The Kier molecular flexibility index (Phi) is 3.12. The van der Waals surface area contributed by atoms with Crippen LogP contribution in [0, 0.1) is 0 Å². The zero-order valence-electron chi connectivity index (χ0n) is 10.0. The minimum absolute atomic E-state index is 0.469. The number of hydrogen-bond acceptors (Lipinski definition) is 3. The van der Waals surface area contributed by atoms with Crippen molar-refractivity contribution in [3.8, 4) is 11.1 Å². The lowest BCUT2D eigenvalue weighted by atomic mass is 9.96. The maximum Gasteiger partial charge on any atom is 0.175 e. The molecular weight excluding hydrogens is 292 g/mol. The number of nitrogen functional groups attached to an aromatic ring is 1. The van der Waals surface area contributed by atoms with E-state index >= 15 is 0 Å². The van der Waals surface area contributed by atoms with Gasteiger partial charge in [-0.3, -0.25) is 0 Å². The highest BCUT2D eigenvalue weighted by Crippen LogP contribution is 2.43. The van der Waals surface area contributed by atoms with Gasteiger partial charge < -0.3 is 10.3 Å². The molecule has 18 heavy (non-hydrogen) atoms. The summed E-state index contributed by atoms with van der Waals surface area (Å²) in [4.78, 5) is 0. The first-order valence-electron chi connectivity index (χ1n) is 6.27. The summed E-state index contributed by atoms with van der Waals surface area (Å²) in [6, 6.07) is 8.06. The zero-order chi connectivity index (χ0) is 12.5. The van der Waals surface area contributed by atoms with Crippen LogP contribution in [-0.2, 0) is 0 Å². The molecule has 0 spiro atoms. The van der Waals surface area contributed by atoms with Gasteiger partial charge in [0.1, 0.15) is 5.76 Å². The van der Waals surface area contributed by atoms with Gasteiger partial charge in [0.25, 0.3) is 0 Å². The molecule has 1 aromatic heterocycles. The predicted molar refractivity (Wildman–Crippen MR) is 75.3 cm³/mol. The molecule has 1 aromatic carbocycles. The number of hydrogen-bond donors (Lipinski definition) is 1. The van der Waals surface area contributed by atoms with E-state index in [4.69, 9.17) is 10.3 Å². The van der Waals surface area contributed by atoms with Crippen LogP contribution >= 0.6 is 15.9 Å². The van der Waals surface area contributed by atoms with Crippen molar-refractivity contribution in [3.63, 3.8) is 0 Å². The van der Waals surface area contributed by atoms with Crippen molar-refractivity contribution in [2.45, 2.75) is 31.6 Å². The van der Waals surface area contributed by atoms with Crippen LogP contribution in [0.1, 0.15) is 37.4 Å². The van der Waals surface area contributed by atoms with E-state index in [1.165, 1.54) is 25.7 Å². The van der Waals surface area contributed by atoms with E-state index in [1.54, 1.807) is 0 Å². The van der Waals surface area contributed by atoms with Crippen LogP contribution in [0.2, 0.25) is 0 Å². The average Bonchev–Trinajstić information content (AvgIpc) is 2.99. The lowest BCUT2D eigenvalue weighted by Gasteiger charge is -2.09. The van der Waals surface area contributed by atoms with Crippen LogP contribution in [-0.4, -0.2) is 5.16 Å². The van der Waals surface area contributed by atoms with Crippen molar-refractivity contribution in [1.82, 2.24) is 5.16 Å². The molecule has 4 heteroatoms. The van der Waals surface area contributed by atoms with Gasteiger partial charge in [-0.2, -0.15) is 0 Å². The van der Waals surface area contributed by atoms with Crippen molar-refractivity contribution in [2.24, 2.45) is 0 Å². The maximum absolute atomic E-state index is 5.98. The highest BCUT2D eigenvalue weighted by Gasteiger charge is 2.27. The summed E-state index contributed by atoms with van der Waals surface area (Å²) in [5, 5.41) is 3.96. The van der Waals surface area contributed by atoms with Crippen LogP contribution < -0.4 is 5.73 Å². The van der Waals surface area contributed by atoms with Gasteiger partial charge in [0.05, 0.1) is 5.56 Å². The lowest BCUT2D eigenvalue weighted by Crippen LogP contribution is -1.95. The van der Waals surface area contributed by atoms with Gasteiger partial charge in [-0.25, -0.2) is 0 Å². The fourth-order valence-electron chi connectivity index (χ4n) is 2.72. The van der Waals surface area contributed by atoms with Gasteiger partial charge in [0.15, 0.2) is 5.82 Å². The molecule has 3 nitrogen and oxygen atoms in total. The Labute approximate surface area is 114 Å². The number of aromatic nitrogens is 1. The number of halogens is 1. The Hall–Kier alpha value is -1.29. The zero-order valence-corrected chi connectivity index (χ0v) is 11.6. The Bertz CT molecular complexity index is 559. The van der Waals surface area contributed by atoms with E-state index < -0.39 is 0 Å². The number of nitrogens with zero attached hydrogens (tertiary/aromatic N) is 1. The maximum atomic E-state index is 5.98. The Morgan fingerprint density at radius 3 is 2.67 bits per heavy atom. The van der Waals surface area contributed by atoms with Gasteiger partial charge in [0, 0.05) is 16.0 Å². The van der Waals surface area contributed by atoms with Crippen molar-refractivity contribution >= 4 is 21.7 Å². The second kappa shape index (κ2) is 4.76. The SMILES string of the molecule is Nc1noc(C2CCCC2)c1-c1ccccc1Br. The molecule has 0 amide bonds. The molecule has 0 aliphatic heterocycles. The third-order valence-electron chi connectivity index (χ3n) is 3.61. The van der Waals surface area contributed by atoms with Gasteiger partial charge in [-0.1, -0.05) is 52.1 Å². The quantitative estimate of drug-likeness (QED) is 0.897. The molecule has 1 aliphatic carbocycles. The first-order valence-corrected chi connectivity index (χ1v) is 7.06. The Morgan fingerprint density at radius 2 is 1.94 bits per heavy atom. The molecule has 0 saturated heterocycles. The molecular formula is C14H15BrN2O. The minimum Gasteiger partial charge on any atom is -0.380 e. The number of nitrogens with two attached hydrogens (primary N) is 1. The van der Waals surface area contributed by atoms with Crippen molar-refractivity contribution in [1.29, 1.82) is 0 Å². The molecule has 1 fully saturated rings. The molecule has 0 bridgehead atoms. The highest BCUT2D eigenvalue weighted by molar-refractivity contribution is 9.10. The van der Waals surface area contributed by atoms with E-state index in [9.17, 15) is 0 Å². The van der Waals surface area contributed by atoms with Gasteiger partial charge in [-0.05, 0) is 18.9 Å². The van der Waals surface area contributed by atoms with E-state index in [0.29, 0.717) is 11.7 Å². The summed E-state index contributed by atoms with van der Waals surface area (Å²) in [6.45, 7) is 0. The molecule has 0 atom stereocenters. The fourth-order valence-corrected chi connectivity index (χ4v) is 3.20. The van der Waals surface area contributed by atoms with E-state index in [1.807, 2.05) is 24.3 Å². The largest absolute Gasteiger partial charge is 0.380 e. The van der Waals surface area contributed by atoms with Crippen LogP contribution in [0.25, 0.3) is 11.1 Å². The predicted octanol–water partition coefficient (Wildman–Crippen LogP) is 4.34. The van der Waals surface area contributed by atoms with Gasteiger partial charge in [0.2, 0.25) is 0 Å². The molecule has 2 aromatic rings. The Morgan fingerprint density at radius 1 is 1.22 bits per heavy atom. The number of anilines is 1. The Balaban J connectivity index is 2.11. The third kappa shape index (κ3) is 1.94.